The normalized spacial score (nSPS) is 12.0. The first-order valence-electron chi connectivity index (χ1n) is 6.81. The summed E-state index contributed by atoms with van der Waals surface area (Å²) in [4.78, 5) is 2.19. The first-order chi connectivity index (χ1) is 10.0. The summed E-state index contributed by atoms with van der Waals surface area (Å²) in [6, 6.07) is 1.73. The zero-order chi connectivity index (χ0) is 15.7. The molecule has 2 N–H and O–H groups in total. The third-order valence-corrected chi connectivity index (χ3v) is 5.52. The molecule has 0 aliphatic rings. The highest BCUT2D eigenvalue weighted by molar-refractivity contribution is 7.89. The van der Waals surface area contributed by atoms with Crippen molar-refractivity contribution >= 4 is 21.4 Å². The maximum absolute atomic E-state index is 12.2. The van der Waals surface area contributed by atoms with Crippen LogP contribution in [-0.4, -0.2) is 48.9 Å². The van der Waals surface area contributed by atoms with Gasteiger partial charge in [0.05, 0.1) is 18.1 Å². The minimum atomic E-state index is -3.43. The minimum absolute atomic E-state index is 0.367. The Hall–Kier alpha value is -0.510. The molecule has 0 amide bonds. The maximum atomic E-state index is 12.2. The smallest absolute Gasteiger partial charge is 0.241 e. The van der Waals surface area contributed by atoms with E-state index in [0.717, 1.165) is 9.75 Å². The van der Waals surface area contributed by atoms with Crippen molar-refractivity contribution in [2.45, 2.75) is 24.8 Å². The summed E-state index contributed by atoms with van der Waals surface area (Å²) in [5.41, 5.74) is 0. The fourth-order valence-electron chi connectivity index (χ4n) is 1.76. The van der Waals surface area contributed by atoms with Gasteiger partial charge in [0.25, 0.3) is 0 Å². The van der Waals surface area contributed by atoms with Crippen molar-refractivity contribution in [1.29, 1.82) is 0 Å². The number of hydrogen-bond donors (Lipinski definition) is 2. The van der Waals surface area contributed by atoms with Crippen molar-refractivity contribution in [3.8, 4) is 0 Å². The molecule has 0 atom stereocenters. The van der Waals surface area contributed by atoms with Gasteiger partial charge in [-0.2, -0.15) is 0 Å². The first-order valence-corrected chi connectivity index (χ1v) is 9.11. The van der Waals surface area contributed by atoms with E-state index in [9.17, 15) is 8.42 Å². The van der Waals surface area contributed by atoms with Gasteiger partial charge in [-0.25, -0.2) is 13.1 Å². The van der Waals surface area contributed by atoms with E-state index in [1.54, 1.807) is 13.2 Å². The average molecular weight is 336 g/mol. The van der Waals surface area contributed by atoms with E-state index in [4.69, 9.17) is 9.47 Å². The molecule has 0 fully saturated rings. The van der Waals surface area contributed by atoms with E-state index in [2.05, 4.69) is 10.0 Å². The Bertz CT molecular complexity index is 514. The van der Waals surface area contributed by atoms with Crippen LogP contribution >= 0.6 is 11.3 Å². The van der Waals surface area contributed by atoms with Gasteiger partial charge in [-0.05, 0) is 26.5 Å². The Kier molecular flexibility index (Phi) is 8.38. The molecule has 0 aliphatic heterocycles. The number of aryl methyl sites for hydroxylation is 1. The molecular weight excluding hydrogens is 312 g/mol. The first kappa shape index (κ1) is 18.5. The number of ether oxygens (including phenoxy) is 2. The largest absolute Gasteiger partial charge is 0.382 e. The standard InChI is InChI=1S/C13H24N2O4S2/c1-11-13(9-12(20-11)10-14-2)21(16,17)15-5-4-6-19-8-7-18-3/h9,14-15H,4-8,10H2,1-3H3. The molecule has 0 spiro atoms. The number of hydrogen-bond acceptors (Lipinski definition) is 6. The molecule has 1 aromatic heterocycles. The molecule has 0 bridgehead atoms. The predicted octanol–water partition coefficient (Wildman–Crippen LogP) is 1.11. The zero-order valence-electron chi connectivity index (χ0n) is 12.8. The van der Waals surface area contributed by atoms with E-state index in [-0.39, 0.29) is 0 Å². The highest BCUT2D eigenvalue weighted by Crippen LogP contribution is 2.25. The van der Waals surface area contributed by atoms with Gasteiger partial charge in [0.2, 0.25) is 10.0 Å². The average Bonchev–Trinajstić information content (AvgIpc) is 2.80. The van der Waals surface area contributed by atoms with E-state index >= 15 is 0 Å². The van der Waals surface area contributed by atoms with E-state index in [1.165, 1.54) is 11.3 Å². The van der Waals surface area contributed by atoms with Gasteiger partial charge >= 0.3 is 0 Å². The molecule has 1 aromatic rings. The molecule has 1 heterocycles. The third-order valence-electron chi connectivity index (χ3n) is 2.75. The maximum Gasteiger partial charge on any atom is 0.241 e. The molecule has 8 heteroatoms. The summed E-state index contributed by atoms with van der Waals surface area (Å²) in [6.45, 7) is 4.46. The van der Waals surface area contributed by atoms with Crippen molar-refractivity contribution < 1.29 is 17.9 Å². The number of thiophene rings is 1. The van der Waals surface area contributed by atoms with Crippen LogP contribution in [-0.2, 0) is 26.0 Å². The lowest BCUT2D eigenvalue weighted by Gasteiger charge is -2.06. The van der Waals surface area contributed by atoms with Crippen LogP contribution in [0, 0.1) is 6.92 Å². The monoisotopic (exact) mass is 336 g/mol. The molecule has 6 nitrogen and oxygen atoms in total. The van der Waals surface area contributed by atoms with Gasteiger partial charge in [-0.3, -0.25) is 0 Å². The second-order valence-electron chi connectivity index (χ2n) is 4.52. The van der Waals surface area contributed by atoms with Gasteiger partial charge in [0.15, 0.2) is 0 Å². The molecule has 0 radical (unpaired) electrons. The molecule has 0 aromatic carbocycles. The lowest BCUT2D eigenvalue weighted by Crippen LogP contribution is -2.25. The molecule has 122 valence electrons. The van der Waals surface area contributed by atoms with Crippen molar-refractivity contribution in [2.75, 3.05) is 40.5 Å². The van der Waals surface area contributed by atoms with Gasteiger partial charge in [0.1, 0.15) is 0 Å². The van der Waals surface area contributed by atoms with E-state index in [0.29, 0.717) is 44.2 Å². The van der Waals surface area contributed by atoms with Crippen LogP contribution in [0.3, 0.4) is 0 Å². The molecule has 0 saturated carbocycles. The van der Waals surface area contributed by atoms with Gasteiger partial charge < -0.3 is 14.8 Å². The minimum Gasteiger partial charge on any atom is -0.382 e. The number of rotatable bonds is 11. The highest BCUT2D eigenvalue weighted by atomic mass is 32.2. The Morgan fingerprint density at radius 1 is 1.29 bits per heavy atom. The summed E-state index contributed by atoms with van der Waals surface area (Å²) in [5.74, 6) is 0. The lowest BCUT2D eigenvalue weighted by atomic mass is 10.4. The fraction of sp³-hybridized carbons (Fsp3) is 0.692. The highest BCUT2D eigenvalue weighted by Gasteiger charge is 2.19. The Morgan fingerprint density at radius 2 is 2.05 bits per heavy atom. The second kappa shape index (κ2) is 9.50. The van der Waals surface area contributed by atoms with Crippen LogP contribution in [0.15, 0.2) is 11.0 Å². The molecule has 0 saturated heterocycles. The van der Waals surface area contributed by atoms with E-state index < -0.39 is 10.0 Å². The van der Waals surface area contributed by atoms with E-state index in [1.807, 2.05) is 14.0 Å². The van der Waals surface area contributed by atoms with Crippen LogP contribution in [0.4, 0.5) is 0 Å². The molecule has 0 unspecified atom stereocenters. The van der Waals surface area contributed by atoms with Gasteiger partial charge in [-0.15, -0.1) is 11.3 Å². The topological polar surface area (TPSA) is 76.7 Å². The summed E-state index contributed by atoms with van der Waals surface area (Å²) in [5, 5.41) is 3.02. The summed E-state index contributed by atoms with van der Waals surface area (Å²) in [7, 11) is 0.0190. The Morgan fingerprint density at radius 3 is 2.71 bits per heavy atom. The molecule has 0 aliphatic carbocycles. The third kappa shape index (κ3) is 6.41. The number of methoxy groups -OCH3 is 1. The Labute approximate surface area is 130 Å². The van der Waals surface area contributed by atoms with Crippen LogP contribution in [0.5, 0.6) is 0 Å². The van der Waals surface area contributed by atoms with Crippen LogP contribution in [0.25, 0.3) is 0 Å². The summed E-state index contributed by atoms with van der Waals surface area (Å²) < 4.78 is 37.2. The quantitative estimate of drug-likeness (QED) is 0.592. The molecular formula is C13H24N2O4S2. The SMILES string of the molecule is CNCc1cc(S(=O)(=O)NCCCOCCOC)c(C)s1. The number of sulfonamides is 1. The molecule has 21 heavy (non-hydrogen) atoms. The van der Waals surface area contributed by atoms with Gasteiger partial charge in [-0.1, -0.05) is 0 Å². The lowest BCUT2D eigenvalue weighted by molar-refractivity contribution is 0.0699. The predicted molar refractivity (Wildman–Crippen MR) is 84.3 cm³/mol. The second-order valence-corrected chi connectivity index (χ2v) is 7.60. The zero-order valence-corrected chi connectivity index (χ0v) is 14.4. The van der Waals surface area contributed by atoms with Crippen molar-refractivity contribution in [2.24, 2.45) is 0 Å². The van der Waals surface area contributed by atoms with Gasteiger partial charge in [0, 0.05) is 36.6 Å². The van der Waals surface area contributed by atoms with Crippen LogP contribution < -0.4 is 10.0 Å². The Balaban J connectivity index is 2.43. The van der Waals surface area contributed by atoms with Crippen molar-refractivity contribution in [3.05, 3.63) is 15.8 Å². The van der Waals surface area contributed by atoms with Crippen LogP contribution in [0.2, 0.25) is 0 Å². The van der Waals surface area contributed by atoms with Crippen molar-refractivity contribution in [3.63, 3.8) is 0 Å². The molecule has 1 rings (SSSR count). The fourth-order valence-corrected chi connectivity index (χ4v) is 4.47. The number of nitrogens with one attached hydrogen (secondary N) is 2. The summed E-state index contributed by atoms with van der Waals surface area (Å²) in [6.07, 6.45) is 0.634. The van der Waals surface area contributed by atoms with Crippen LogP contribution in [0.1, 0.15) is 16.2 Å². The summed E-state index contributed by atoms with van der Waals surface area (Å²) >= 11 is 1.50. The van der Waals surface area contributed by atoms with Crippen molar-refractivity contribution in [1.82, 2.24) is 10.0 Å².